The summed E-state index contributed by atoms with van der Waals surface area (Å²) < 4.78 is 53.1. The number of rotatable bonds is 5. The Morgan fingerprint density at radius 1 is 1.13 bits per heavy atom. The number of hydrazone groups is 1. The number of hydrogen-bond acceptors (Lipinski definition) is 7. The van der Waals surface area contributed by atoms with E-state index in [4.69, 9.17) is 10.1 Å². The third-order valence-corrected chi connectivity index (χ3v) is 7.53. The van der Waals surface area contributed by atoms with Crippen LogP contribution in [-0.4, -0.2) is 69.8 Å². The molecule has 2 unspecified atom stereocenters. The Morgan fingerprint density at radius 2 is 1.89 bits per heavy atom. The number of nitrogens with zero attached hydrogens (tertiary/aromatic N) is 5. The van der Waals surface area contributed by atoms with Crippen LogP contribution in [0.2, 0.25) is 0 Å². The van der Waals surface area contributed by atoms with E-state index < -0.39 is 35.4 Å². The number of alkyl halides is 3. The second-order valence-electron chi connectivity index (χ2n) is 9.89. The van der Waals surface area contributed by atoms with Crippen molar-refractivity contribution in [3.05, 3.63) is 65.5 Å². The third-order valence-electron chi connectivity index (χ3n) is 7.53. The van der Waals surface area contributed by atoms with Gasteiger partial charge in [0.15, 0.2) is 0 Å². The highest BCUT2D eigenvalue weighted by Crippen LogP contribution is 2.40. The molecule has 0 radical (unpaired) electrons. The van der Waals surface area contributed by atoms with Gasteiger partial charge in [-0.15, -0.1) is 0 Å². The predicted molar refractivity (Wildman–Crippen MR) is 131 cm³/mol. The van der Waals surface area contributed by atoms with Crippen molar-refractivity contribution in [1.82, 2.24) is 14.8 Å². The molecule has 2 fully saturated rings. The maximum absolute atomic E-state index is 14.6. The fourth-order valence-electron chi connectivity index (χ4n) is 5.75. The van der Waals surface area contributed by atoms with Crippen molar-refractivity contribution >= 4 is 29.2 Å². The monoisotopic (exact) mass is 528 g/mol. The molecule has 8 nitrogen and oxygen atoms in total. The summed E-state index contributed by atoms with van der Waals surface area (Å²) in [6.45, 7) is -0.00663. The number of benzene rings is 2. The molecule has 198 valence electrons. The highest BCUT2D eigenvalue weighted by molar-refractivity contribution is 6.21. The zero-order valence-corrected chi connectivity index (χ0v) is 20.3. The van der Waals surface area contributed by atoms with Crippen LogP contribution < -0.4 is 5.32 Å². The number of ketones is 1. The molecule has 4 aliphatic rings. The molecule has 6 rings (SSSR count). The number of fused-ring (bicyclic) bond motifs is 5. The zero-order chi connectivity index (χ0) is 26.8. The van der Waals surface area contributed by atoms with Gasteiger partial charge in [-0.05, 0) is 49.1 Å². The molecule has 1 N–H and O–H groups in total. The van der Waals surface area contributed by atoms with Crippen molar-refractivity contribution in [3.63, 3.8) is 0 Å². The molecule has 2 aromatic carbocycles. The highest BCUT2D eigenvalue weighted by Gasteiger charge is 2.56. The maximum atomic E-state index is 14.6. The molecule has 1 saturated heterocycles. The summed E-state index contributed by atoms with van der Waals surface area (Å²) in [5.74, 6) is -3.25. The topological polar surface area (TPSA) is 80.6 Å². The second-order valence-corrected chi connectivity index (χ2v) is 9.89. The minimum atomic E-state index is -5.18. The first-order chi connectivity index (χ1) is 18.1. The van der Waals surface area contributed by atoms with Gasteiger partial charge < -0.3 is 5.32 Å². The Bertz CT molecular complexity index is 1360. The van der Waals surface area contributed by atoms with Crippen LogP contribution in [0, 0.1) is 11.7 Å². The summed E-state index contributed by atoms with van der Waals surface area (Å²) in [6, 6.07) is 12.4. The summed E-state index contributed by atoms with van der Waals surface area (Å²) in [5, 5.41) is 9.79. The number of nitrogens with one attached hydrogen (secondary N) is 1. The first-order valence-corrected chi connectivity index (χ1v) is 12.3. The average Bonchev–Trinajstić information content (AvgIpc) is 3.56. The fourth-order valence-corrected chi connectivity index (χ4v) is 5.75. The van der Waals surface area contributed by atoms with E-state index in [9.17, 15) is 27.2 Å². The van der Waals surface area contributed by atoms with Gasteiger partial charge in [-0.1, -0.05) is 24.3 Å². The number of para-hydroxylation sites is 1. The number of hydrogen-bond donors (Lipinski definition) is 1. The van der Waals surface area contributed by atoms with Crippen molar-refractivity contribution in [2.24, 2.45) is 16.0 Å². The normalized spacial score (nSPS) is 26.1. The SMILES string of the molecule is CN1C(=O)C2C(=NN(Cc3ccc(C(=O)C(F)(F)F)c(F)c3)C2Nc2ccccc2)N2C1=N[C@@H]1CCC[C@@H]12. The molecule has 3 heterocycles. The minimum Gasteiger partial charge on any atom is -0.363 e. The van der Waals surface area contributed by atoms with Gasteiger partial charge in [-0.25, -0.2) is 9.38 Å². The van der Waals surface area contributed by atoms with Crippen LogP contribution >= 0.6 is 0 Å². The minimum absolute atomic E-state index is 0.00663. The number of guanidine groups is 1. The van der Waals surface area contributed by atoms with Gasteiger partial charge in [0.25, 0.3) is 5.78 Å². The molecule has 3 aliphatic heterocycles. The van der Waals surface area contributed by atoms with Gasteiger partial charge in [-0.3, -0.25) is 24.4 Å². The summed E-state index contributed by atoms with van der Waals surface area (Å²) in [5.41, 5.74) is 0.00823. The number of anilines is 1. The number of amides is 1. The predicted octanol–water partition coefficient (Wildman–Crippen LogP) is 3.82. The molecule has 38 heavy (non-hydrogen) atoms. The molecule has 0 aromatic heterocycles. The maximum Gasteiger partial charge on any atom is 0.454 e. The van der Waals surface area contributed by atoms with E-state index in [0.29, 0.717) is 17.4 Å². The number of Topliss-reactive ketones (excluding diaryl/α,β-unsaturated/α-hetero) is 1. The molecule has 12 heteroatoms. The van der Waals surface area contributed by atoms with Gasteiger partial charge >= 0.3 is 6.18 Å². The summed E-state index contributed by atoms with van der Waals surface area (Å²) in [6.07, 6.45) is -2.95. The van der Waals surface area contributed by atoms with E-state index in [-0.39, 0.29) is 24.5 Å². The van der Waals surface area contributed by atoms with Crippen LogP contribution in [0.4, 0.5) is 23.2 Å². The number of halogens is 4. The number of amidine groups is 1. The van der Waals surface area contributed by atoms with E-state index in [1.165, 1.54) is 6.07 Å². The Balaban J connectivity index is 1.36. The van der Waals surface area contributed by atoms with Crippen molar-refractivity contribution in [2.45, 2.75) is 50.2 Å². The first kappa shape index (κ1) is 24.4. The Labute approximate surface area is 215 Å². The Kier molecular flexibility index (Phi) is 5.65. The lowest BCUT2D eigenvalue weighted by Crippen LogP contribution is -2.62. The molecule has 1 saturated carbocycles. The van der Waals surface area contributed by atoms with Crippen LogP contribution in [-0.2, 0) is 11.3 Å². The Hall–Kier alpha value is -3.96. The molecule has 0 bridgehead atoms. The Morgan fingerprint density at radius 3 is 2.61 bits per heavy atom. The average molecular weight is 529 g/mol. The second kappa shape index (κ2) is 8.81. The van der Waals surface area contributed by atoms with E-state index in [0.717, 1.165) is 37.1 Å². The lowest BCUT2D eigenvalue weighted by Gasteiger charge is -2.39. The smallest absolute Gasteiger partial charge is 0.363 e. The first-order valence-electron chi connectivity index (χ1n) is 12.3. The van der Waals surface area contributed by atoms with Gasteiger partial charge in [0, 0.05) is 12.7 Å². The number of carbonyl (C=O) groups excluding carboxylic acids is 2. The number of carbonyl (C=O) groups is 2. The van der Waals surface area contributed by atoms with Crippen LogP contribution in [0.1, 0.15) is 35.2 Å². The van der Waals surface area contributed by atoms with Gasteiger partial charge in [0.05, 0.1) is 24.2 Å². The fraction of sp³-hybridized carbons (Fsp3) is 0.385. The molecule has 1 aliphatic carbocycles. The van der Waals surface area contributed by atoms with Crippen LogP contribution in [0.25, 0.3) is 0 Å². The lowest BCUT2D eigenvalue weighted by molar-refractivity contribution is -0.130. The van der Waals surface area contributed by atoms with Crippen LogP contribution in [0.15, 0.2) is 58.6 Å². The largest absolute Gasteiger partial charge is 0.454 e. The summed E-state index contributed by atoms with van der Waals surface area (Å²) >= 11 is 0. The third kappa shape index (κ3) is 3.89. The molecular weight excluding hydrogens is 504 g/mol. The van der Waals surface area contributed by atoms with Crippen molar-refractivity contribution in [2.75, 3.05) is 12.4 Å². The van der Waals surface area contributed by atoms with Crippen molar-refractivity contribution in [3.8, 4) is 0 Å². The van der Waals surface area contributed by atoms with E-state index >= 15 is 0 Å². The van der Waals surface area contributed by atoms with E-state index in [2.05, 4.69) is 5.32 Å². The standard InChI is InChI=1S/C26H24F4N6O2/c1-34-24(38)20-22(31-15-6-3-2-4-7-15)35(33-23(20)36-19-9-5-8-18(19)32-25(34)36)13-14-10-11-16(17(27)12-14)21(37)26(28,29)30/h2-4,6-7,10-12,18-20,22,31H,5,8-9,13H2,1H3/t18-,19+,20?,22?/m1/s1. The van der Waals surface area contributed by atoms with Gasteiger partial charge in [0.2, 0.25) is 11.9 Å². The van der Waals surface area contributed by atoms with Gasteiger partial charge in [0.1, 0.15) is 23.7 Å². The zero-order valence-electron chi connectivity index (χ0n) is 20.3. The molecule has 4 atom stereocenters. The lowest BCUT2D eigenvalue weighted by atomic mass is 9.98. The van der Waals surface area contributed by atoms with Crippen LogP contribution in [0.3, 0.4) is 0 Å². The van der Waals surface area contributed by atoms with E-state index in [1.807, 2.05) is 35.2 Å². The van der Waals surface area contributed by atoms with Crippen molar-refractivity contribution < 1.29 is 27.2 Å². The van der Waals surface area contributed by atoms with Crippen LogP contribution in [0.5, 0.6) is 0 Å². The summed E-state index contributed by atoms with van der Waals surface area (Å²) in [7, 11) is 1.69. The van der Waals surface area contributed by atoms with Gasteiger partial charge in [-0.2, -0.15) is 18.3 Å². The van der Waals surface area contributed by atoms with Crippen molar-refractivity contribution in [1.29, 1.82) is 0 Å². The molecule has 2 aromatic rings. The molecule has 1 amide bonds. The highest BCUT2D eigenvalue weighted by atomic mass is 19.4. The van der Waals surface area contributed by atoms with E-state index in [1.54, 1.807) is 17.0 Å². The number of aliphatic imine (C=N–C) groups is 1. The quantitative estimate of drug-likeness (QED) is 0.472. The summed E-state index contributed by atoms with van der Waals surface area (Å²) in [4.78, 5) is 33.6. The molecule has 0 spiro atoms. The molecular formula is C26H24F4N6O2.